The van der Waals surface area contributed by atoms with Crippen LogP contribution in [0.15, 0.2) is 79.0 Å². The zero-order chi connectivity index (χ0) is 30.4. The van der Waals surface area contributed by atoms with Crippen LogP contribution in [0.4, 0.5) is 5.82 Å². The number of unbranched alkanes of at least 4 members (excludes halogenated alkanes) is 2. The number of amides is 2. The fourth-order valence-electron chi connectivity index (χ4n) is 4.38. The molecule has 2 amide bonds. The molecule has 224 valence electrons. The van der Waals surface area contributed by atoms with Crippen LogP contribution < -0.4 is 16.0 Å². The van der Waals surface area contributed by atoms with Gasteiger partial charge in [-0.3, -0.25) is 14.4 Å². The molecule has 2 aromatic carbocycles. The summed E-state index contributed by atoms with van der Waals surface area (Å²) >= 11 is 0. The second-order valence-corrected chi connectivity index (χ2v) is 12.4. The lowest BCUT2D eigenvalue weighted by molar-refractivity contribution is -0.138. The molecule has 2 atom stereocenters. The number of anilines is 1. The standard InChI is InChI=1S/C31H38N4O6S/c1-42(40,41)21-18-26(34-29(36)13-6-3-8-19-32-28-12-7-9-20-33-28)31(39)35-27(22-30(37)38)25-16-14-24(15-17-25)23-10-4-2-5-11-23/h2,4-5,7,9-12,14-17,20,26-27H,3,6,8,13,18-19,21-22H2,1H3,(H,32,33)(H,34,36)(H,35,39)(H,37,38)/t26-,27?/m0/s1. The number of hydrogen-bond donors (Lipinski definition) is 4. The molecule has 3 aromatic rings. The number of aliphatic carboxylic acids is 1. The molecule has 0 bridgehead atoms. The molecule has 11 heteroatoms. The minimum absolute atomic E-state index is 0.128. The highest BCUT2D eigenvalue weighted by atomic mass is 32.2. The number of carboxylic acid groups (broad SMARTS) is 1. The molecule has 0 spiro atoms. The van der Waals surface area contributed by atoms with Crippen LogP contribution in [0.2, 0.25) is 0 Å². The summed E-state index contributed by atoms with van der Waals surface area (Å²) in [6, 6.07) is 20.5. The maximum absolute atomic E-state index is 13.3. The smallest absolute Gasteiger partial charge is 0.305 e. The first-order chi connectivity index (χ1) is 20.1. The van der Waals surface area contributed by atoms with Crippen LogP contribution >= 0.6 is 0 Å². The number of pyridine rings is 1. The summed E-state index contributed by atoms with van der Waals surface area (Å²) < 4.78 is 23.6. The molecule has 0 aliphatic heterocycles. The Morgan fingerprint density at radius 1 is 0.857 bits per heavy atom. The maximum Gasteiger partial charge on any atom is 0.305 e. The molecular weight excluding hydrogens is 556 g/mol. The summed E-state index contributed by atoms with van der Waals surface area (Å²) in [7, 11) is -3.41. The summed E-state index contributed by atoms with van der Waals surface area (Å²) in [5.41, 5.74) is 2.51. The van der Waals surface area contributed by atoms with E-state index >= 15 is 0 Å². The highest BCUT2D eigenvalue weighted by molar-refractivity contribution is 7.90. The molecule has 3 rings (SSSR count). The monoisotopic (exact) mass is 594 g/mol. The Hall–Kier alpha value is -4.25. The van der Waals surface area contributed by atoms with E-state index in [2.05, 4.69) is 20.9 Å². The van der Waals surface area contributed by atoms with E-state index in [0.29, 0.717) is 18.5 Å². The first-order valence-corrected chi connectivity index (χ1v) is 16.0. The number of hydrogen-bond acceptors (Lipinski definition) is 7. The minimum Gasteiger partial charge on any atom is -0.481 e. The largest absolute Gasteiger partial charge is 0.481 e. The molecule has 0 radical (unpaired) electrons. The lowest BCUT2D eigenvalue weighted by Gasteiger charge is -2.23. The molecule has 0 saturated carbocycles. The number of rotatable bonds is 17. The predicted molar refractivity (Wildman–Crippen MR) is 162 cm³/mol. The second-order valence-electron chi connectivity index (χ2n) is 10.1. The molecule has 4 N–H and O–H groups in total. The number of carboxylic acids is 1. The van der Waals surface area contributed by atoms with Crippen molar-refractivity contribution in [1.29, 1.82) is 0 Å². The van der Waals surface area contributed by atoms with E-state index in [9.17, 15) is 27.9 Å². The molecule has 0 saturated heterocycles. The van der Waals surface area contributed by atoms with Gasteiger partial charge in [0.1, 0.15) is 21.7 Å². The topological polar surface area (TPSA) is 155 Å². The Kier molecular flexibility index (Phi) is 12.5. The van der Waals surface area contributed by atoms with Crippen molar-refractivity contribution in [2.75, 3.05) is 23.9 Å². The van der Waals surface area contributed by atoms with Gasteiger partial charge in [-0.25, -0.2) is 13.4 Å². The average molecular weight is 595 g/mol. The number of benzene rings is 2. The van der Waals surface area contributed by atoms with Crippen LogP contribution in [0.1, 0.15) is 50.1 Å². The summed E-state index contributed by atoms with van der Waals surface area (Å²) in [4.78, 5) is 41.8. The molecular formula is C31H38N4O6S. The van der Waals surface area contributed by atoms with Crippen LogP contribution in [0.25, 0.3) is 11.1 Å². The van der Waals surface area contributed by atoms with E-state index in [1.165, 1.54) is 0 Å². The third kappa shape index (κ3) is 11.7. The second kappa shape index (κ2) is 16.3. The summed E-state index contributed by atoms with van der Waals surface area (Å²) in [6.07, 6.45) is 4.61. The number of carbonyl (C=O) groups excluding carboxylic acids is 2. The van der Waals surface area contributed by atoms with E-state index in [4.69, 9.17) is 0 Å². The van der Waals surface area contributed by atoms with Crippen LogP contribution in [0.3, 0.4) is 0 Å². The van der Waals surface area contributed by atoms with Gasteiger partial charge in [0.25, 0.3) is 0 Å². The number of nitrogens with zero attached hydrogens (tertiary/aromatic N) is 1. The third-order valence-electron chi connectivity index (χ3n) is 6.60. The van der Waals surface area contributed by atoms with Gasteiger partial charge in [0.05, 0.1) is 18.2 Å². The van der Waals surface area contributed by atoms with Crippen molar-refractivity contribution in [3.8, 4) is 11.1 Å². The third-order valence-corrected chi connectivity index (χ3v) is 7.57. The number of carbonyl (C=O) groups is 3. The van der Waals surface area contributed by atoms with Crippen molar-refractivity contribution in [2.24, 2.45) is 0 Å². The van der Waals surface area contributed by atoms with Crippen LogP contribution in [-0.2, 0) is 24.2 Å². The van der Waals surface area contributed by atoms with E-state index in [1.54, 1.807) is 18.3 Å². The Morgan fingerprint density at radius 2 is 1.55 bits per heavy atom. The summed E-state index contributed by atoms with van der Waals surface area (Å²) in [5, 5.41) is 18.1. The molecule has 0 fully saturated rings. The average Bonchev–Trinajstić information content (AvgIpc) is 2.97. The fourth-order valence-corrected chi connectivity index (χ4v) is 5.04. The van der Waals surface area contributed by atoms with E-state index in [0.717, 1.165) is 36.0 Å². The van der Waals surface area contributed by atoms with Crippen molar-refractivity contribution in [3.05, 3.63) is 84.6 Å². The highest BCUT2D eigenvalue weighted by Gasteiger charge is 2.26. The lowest BCUT2D eigenvalue weighted by Crippen LogP contribution is -2.48. The highest BCUT2D eigenvalue weighted by Crippen LogP contribution is 2.24. The van der Waals surface area contributed by atoms with Crippen LogP contribution in [-0.4, -0.2) is 60.9 Å². The molecule has 0 aliphatic rings. The lowest BCUT2D eigenvalue weighted by atomic mass is 9.98. The van der Waals surface area contributed by atoms with Gasteiger partial charge in [0, 0.05) is 25.4 Å². The molecule has 1 unspecified atom stereocenters. The van der Waals surface area contributed by atoms with Crippen molar-refractivity contribution < 1.29 is 27.9 Å². The van der Waals surface area contributed by atoms with Crippen molar-refractivity contribution >= 4 is 33.4 Å². The quantitative estimate of drug-likeness (QED) is 0.171. The Bertz CT molecular complexity index is 1400. The number of nitrogens with one attached hydrogen (secondary N) is 3. The van der Waals surface area contributed by atoms with Gasteiger partial charge in [0.2, 0.25) is 11.8 Å². The minimum atomic E-state index is -3.41. The van der Waals surface area contributed by atoms with Crippen molar-refractivity contribution in [1.82, 2.24) is 15.6 Å². The van der Waals surface area contributed by atoms with Gasteiger partial charge in [-0.05, 0) is 48.1 Å². The first kappa shape index (κ1) is 32.3. The normalized spacial score (nSPS) is 12.6. The SMILES string of the molecule is CS(=O)(=O)CC[C@H](NC(=O)CCCCCNc1ccccn1)C(=O)NC(CC(=O)O)c1ccc(-c2ccccc2)cc1. The van der Waals surface area contributed by atoms with E-state index < -0.39 is 33.8 Å². The zero-order valence-corrected chi connectivity index (χ0v) is 24.5. The molecule has 0 aliphatic carbocycles. The van der Waals surface area contributed by atoms with Gasteiger partial charge in [-0.15, -0.1) is 0 Å². The van der Waals surface area contributed by atoms with Gasteiger partial charge in [-0.1, -0.05) is 67.1 Å². The predicted octanol–water partition coefficient (Wildman–Crippen LogP) is 3.97. The number of aromatic nitrogens is 1. The molecule has 1 heterocycles. The summed E-state index contributed by atoms with van der Waals surface area (Å²) in [6.45, 7) is 0.704. The van der Waals surface area contributed by atoms with Crippen LogP contribution in [0, 0.1) is 0 Å². The first-order valence-electron chi connectivity index (χ1n) is 13.9. The van der Waals surface area contributed by atoms with Crippen LogP contribution in [0.5, 0.6) is 0 Å². The number of sulfone groups is 1. The Labute approximate surface area is 246 Å². The van der Waals surface area contributed by atoms with Gasteiger partial charge >= 0.3 is 5.97 Å². The molecule has 1 aromatic heterocycles. The molecule has 42 heavy (non-hydrogen) atoms. The maximum atomic E-state index is 13.3. The van der Waals surface area contributed by atoms with E-state index in [-0.39, 0.29) is 30.9 Å². The van der Waals surface area contributed by atoms with Crippen molar-refractivity contribution in [3.63, 3.8) is 0 Å². The zero-order valence-electron chi connectivity index (χ0n) is 23.7. The summed E-state index contributed by atoms with van der Waals surface area (Å²) in [5.74, 6) is -1.64. The van der Waals surface area contributed by atoms with Crippen molar-refractivity contribution in [2.45, 2.75) is 50.6 Å². The molecule has 10 nitrogen and oxygen atoms in total. The van der Waals surface area contributed by atoms with E-state index in [1.807, 2.05) is 60.7 Å². The van der Waals surface area contributed by atoms with Gasteiger partial charge in [0.15, 0.2) is 0 Å². The van der Waals surface area contributed by atoms with Gasteiger partial charge in [-0.2, -0.15) is 0 Å². The fraction of sp³-hybridized carbons (Fsp3) is 0.355. The van der Waals surface area contributed by atoms with Gasteiger partial charge < -0.3 is 21.1 Å². The Balaban J connectivity index is 1.59. The Morgan fingerprint density at radius 3 is 2.19 bits per heavy atom.